The third kappa shape index (κ3) is 2.86. The number of carbonyl (C=O) groups is 2. The Morgan fingerprint density at radius 1 is 1.38 bits per heavy atom. The van der Waals surface area contributed by atoms with E-state index in [0.717, 1.165) is 12.0 Å². The summed E-state index contributed by atoms with van der Waals surface area (Å²) in [4.78, 5) is 25.6. The van der Waals surface area contributed by atoms with Crippen LogP contribution in [0, 0.1) is 12.3 Å². The highest BCUT2D eigenvalue weighted by molar-refractivity contribution is 5.97. The largest absolute Gasteiger partial charge is 0.507 e. The quantitative estimate of drug-likeness (QED) is 0.893. The number of phenols is 1. The van der Waals surface area contributed by atoms with Crippen LogP contribution >= 0.6 is 0 Å². The Morgan fingerprint density at radius 2 is 2.10 bits per heavy atom. The Morgan fingerprint density at radius 3 is 2.71 bits per heavy atom. The molecule has 0 aliphatic carbocycles. The number of hydrogen-bond donors (Lipinski definition) is 2. The van der Waals surface area contributed by atoms with E-state index in [1.807, 2.05) is 13.8 Å². The standard InChI is InChI=1S/C16H21NO4/c1-3-6-16(15(20)21)7-8-17(10-16)14(19)12-9-11(2)4-5-13(12)18/h4-5,9,18H,3,6-8,10H2,1-2H3,(H,20,21). The van der Waals surface area contributed by atoms with Crippen LogP contribution in [0.1, 0.15) is 42.1 Å². The first-order valence-electron chi connectivity index (χ1n) is 7.22. The van der Waals surface area contributed by atoms with Crippen molar-refractivity contribution in [1.29, 1.82) is 0 Å². The summed E-state index contributed by atoms with van der Waals surface area (Å²) in [6, 6.07) is 4.86. The summed E-state index contributed by atoms with van der Waals surface area (Å²) in [5, 5.41) is 19.3. The number of aliphatic carboxylic acids is 1. The van der Waals surface area contributed by atoms with E-state index in [2.05, 4.69) is 0 Å². The first-order chi connectivity index (χ1) is 9.89. The van der Waals surface area contributed by atoms with Crippen molar-refractivity contribution in [2.75, 3.05) is 13.1 Å². The fourth-order valence-electron chi connectivity index (χ4n) is 3.00. The second kappa shape index (κ2) is 5.76. The van der Waals surface area contributed by atoms with Gasteiger partial charge in [0.2, 0.25) is 0 Å². The summed E-state index contributed by atoms with van der Waals surface area (Å²) >= 11 is 0. The lowest BCUT2D eigenvalue weighted by Crippen LogP contribution is -2.37. The molecule has 114 valence electrons. The lowest BCUT2D eigenvalue weighted by molar-refractivity contribution is -0.148. The van der Waals surface area contributed by atoms with Crippen LogP contribution in [-0.4, -0.2) is 40.1 Å². The summed E-state index contributed by atoms with van der Waals surface area (Å²) in [6.07, 6.45) is 1.80. The molecule has 5 heteroatoms. The molecule has 1 aromatic rings. The Hall–Kier alpha value is -2.04. The van der Waals surface area contributed by atoms with Crippen molar-refractivity contribution in [3.63, 3.8) is 0 Å². The molecule has 1 amide bonds. The highest BCUT2D eigenvalue weighted by atomic mass is 16.4. The number of likely N-dealkylation sites (tertiary alicyclic amines) is 1. The molecule has 1 fully saturated rings. The molecule has 1 heterocycles. The van der Waals surface area contributed by atoms with Gasteiger partial charge in [-0.25, -0.2) is 0 Å². The molecule has 0 bridgehead atoms. The van der Waals surface area contributed by atoms with E-state index in [4.69, 9.17) is 0 Å². The molecule has 21 heavy (non-hydrogen) atoms. The van der Waals surface area contributed by atoms with Crippen LogP contribution in [0.3, 0.4) is 0 Å². The summed E-state index contributed by atoms with van der Waals surface area (Å²) < 4.78 is 0. The van der Waals surface area contributed by atoms with Gasteiger partial charge in [0.15, 0.2) is 0 Å². The van der Waals surface area contributed by atoms with Gasteiger partial charge in [-0.2, -0.15) is 0 Å². The molecule has 0 spiro atoms. The molecule has 1 aromatic carbocycles. The normalized spacial score (nSPS) is 21.5. The number of nitrogens with zero attached hydrogens (tertiary/aromatic N) is 1. The third-order valence-electron chi connectivity index (χ3n) is 4.21. The zero-order chi connectivity index (χ0) is 15.6. The van der Waals surface area contributed by atoms with Crippen molar-refractivity contribution in [3.05, 3.63) is 29.3 Å². The SMILES string of the molecule is CCCC1(C(=O)O)CCN(C(=O)c2cc(C)ccc2O)C1. The average molecular weight is 291 g/mol. The van der Waals surface area contributed by atoms with Crippen LogP contribution in [-0.2, 0) is 4.79 Å². The average Bonchev–Trinajstić information content (AvgIpc) is 2.87. The van der Waals surface area contributed by atoms with E-state index in [0.29, 0.717) is 19.4 Å². The molecule has 1 atom stereocenters. The highest BCUT2D eigenvalue weighted by Crippen LogP contribution is 2.36. The fraction of sp³-hybridized carbons (Fsp3) is 0.500. The van der Waals surface area contributed by atoms with Gasteiger partial charge in [-0.1, -0.05) is 25.0 Å². The molecule has 1 saturated heterocycles. The monoisotopic (exact) mass is 291 g/mol. The molecule has 5 nitrogen and oxygen atoms in total. The summed E-state index contributed by atoms with van der Waals surface area (Å²) in [5.74, 6) is -1.20. The van der Waals surface area contributed by atoms with Crippen LogP contribution < -0.4 is 0 Å². The molecule has 1 aliphatic heterocycles. The van der Waals surface area contributed by atoms with E-state index >= 15 is 0 Å². The number of phenolic OH excluding ortho intramolecular Hbond substituents is 1. The Labute approximate surface area is 124 Å². The topological polar surface area (TPSA) is 77.8 Å². The van der Waals surface area contributed by atoms with Crippen LogP contribution in [0.5, 0.6) is 5.75 Å². The van der Waals surface area contributed by atoms with Gasteiger partial charge in [0, 0.05) is 13.1 Å². The Balaban J connectivity index is 2.22. The molecule has 0 saturated carbocycles. The smallest absolute Gasteiger partial charge is 0.311 e. The first-order valence-corrected chi connectivity index (χ1v) is 7.22. The van der Waals surface area contributed by atoms with Crippen molar-refractivity contribution in [2.24, 2.45) is 5.41 Å². The van der Waals surface area contributed by atoms with Gasteiger partial charge >= 0.3 is 5.97 Å². The minimum Gasteiger partial charge on any atom is -0.507 e. The third-order valence-corrected chi connectivity index (χ3v) is 4.21. The van der Waals surface area contributed by atoms with Gasteiger partial charge in [0.1, 0.15) is 5.75 Å². The van der Waals surface area contributed by atoms with Crippen molar-refractivity contribution < 1.29 is 19.8 Å². The lowest BCUT2D eigenvalue weighted by Gasteiger charge is -2.24. The van der Waals surface area contributed by atoms with E-state index in [1.165, 1.54) is 11.0 Å². The Bertz CT molecular complexity index is 569. The maximum absolute atomic E-state index is 12.5. The van der Waals surface area contributed by atoms with Gasteiger partial charge in [0.05, 0.1) is 11.0 Å². The summed E-state index contributed by atoms with van der Waals surface area (Å²) in [5.41, 5.74) is 0.283. The molecule has 1 unspecified atom stereocenters. The van der Waals surface area contributed by atoms with Gasteiger partial charge in [-0.15, -0.1) is 0 Å². The number of carbonyl (C=O) groups excluding carboxylic acids is 1. The van der Waals surface area contributed by atoms with E-state index in [-0.39, 0.29) is 23.8 Å². The summed E-state index contributed by atoms with van der Waals surface area (Å²) in [7, 11) is 0. The molecule has 2 N–H and O–H groups in total. The van der Waals surface area contributed by atoms with Crippen LogP contribution in [0.15, 0.2) is 18.2 Å². The van der Waals surface area contributed by atoms with E-state index in [1.54, 1.807) is 12.1 Å². The van der Waals surface area contributed by atoms with E-state index < -0.39 is 11.4 Å². The number of hydrogen-bond acceptors (Lipinski definition) is 3. The first kappa shape index (κ1) is 15.4. The van der Waals surface area contributed by atoms with Crippen LogP contribution in [0.2, 0.25) is 0 Å². The zero-order valence-corrected chi connectivity index (χ0v) is 12.4. The number of carboxylic acid groups (broad SMARTS) is 1. The molecule has 0 aromatic heterocycles. The number of benzene rings is 1. The van der Waals surface area contributed by atoms with Crippen molar-refractivity contribution in [3.8, 4) is 5.75 Å². The van der Waals surface area contributed by atoms with Crippen molar-refractivity contribution in [2.45, 2.75) is 33.1 Å². The maximum atomic E-state index is 12.5. The lowest BCUT2D eigenvalue weighted by atomic mass is 9.83. The molecule has 0 radical (unpaired) electrons. The molecular weight excluding hydrogens is 270 g/mol. The number of aromatic hydroxyl groups is 1. The zero-order valence-electron chi connectivity index (χ0n) is 12.4. The highest BCUT2D eigenvalue weighted by Gasteiger charge is 2.45. The second-order valence-electron chi connectivity index (χ2n) is 5.83. The Kier molecular flexibility index (Phi) is 4.21. The van der Waals surface area contributed by atoms with Crippen molar-refractivity contribution in [1.82, 2.24) is 4.90 Å². The predicted molar refractivity (Wildman–Crippen MR) is 78.3 cm³/mol. The van der Waals surface area contributed by atoms with Crippen LogP contribution in [0.25, 0.3) is 0 Å². The number of amides is 1. The van der Waals surface area contributed by atoms with Gasteiger partial charge in [-0.05, 0) is 31.9 Å². The molecule has 2 rings (SSSR count). The fourth-order valence-corrected chi connectivity index (χ4v) is 3.00. The molecule has 1 aliphatic rings. The minimum atomic E-state index is -0.843. The minimum absolute atomic E-state index is 0.0612. The second-order valence-corrected chi connectivity index (χ2v) is 5.83. The van der Waals surface area contributed by atoms with Gasteiger partial charge < -0.3 is 15.1 Å². The predicted octanol–water partition coefficient (Wildman–Crippen LogP) is 2.42. The van der Waals surface area contributed by atoms with E-state index in [9.17, 15) is 19.8 Å². The number of carboxylic acids is 1. The van der Waals surface area contributed by atoms with Crippen molar-refractivity contribution >= 4 is 11.9 Å². The van der Waals surface area contributed by atoms with Crippen LogP contribution in [0.4, 0.5) is 0 Å². The van der Waals surface area contributed by atoms with Gasteiger partial charge in [-0.3, -0.25) is 9.59 Å². The number of rotatable bonds is 4. The summed E-state index contributed by atoms with van der Waals surface area (Å²) in [6.45, 7) is 4.42. The number of aryl methyl sites for hydroxylation is 1. The maximum Gasteiger partial charge on any atom is 0.311 e. The molecular formula is C16H21NO4. The van der Waals surface area contributed by atoms with Gasteiger partial charge in [0.25, 0.3) is 5.91 Å².